The molecule has 0 aliphatic heterocycles. The minimum absolute atomic E-state index is 0.0552. The van der Waals surface area contributed by atoms with E-state index in [1.165, 1.54) is 0 Å². The average molecular weight is 408 g/mol. The second-order valence-corrected chi connectivity index (χ2v) is 7.80. The first-order chi connectivity index (χ1) is 14.4. The highest BCUT2D eigenvalue weighted by atomic mass is 16.5. The van der Waals surface area contributed by atoms with Crippen LogP contribution in [0.4, 0.5) is 4.79 Å². The largest absolute Gasteiger partial charge is 0.445 e. The highest BCUT2D eigenvalue weighted by molar-refractivity contribution is 5.67. The molecule has 1 aromatic heterocycles. The standard InChI is InChI=1S/C24H29N3O3/c1-16(2)22-21(23(28)27-26-22)14-20-10-9-18(13-17(20)3)11-12-25-24(29)30-15-19-7-5-4-6-8-19/h4-10,13,16H,11-12,14-15H2,1-3H3,(H,25,29)(H2,26,27,28). The van der Waals surface area contributed by atoms with Gasteiger partial charge in [-0.3, -0.25) is 9.89 Å². The third-order valence-corrected chi connectivity index (χ3v) is 5.16. The van der Waals surface area contributed by atoms with Crippen LogP contribution in [-0.2, 0) is 24.2 Å². The highest BCUT2D eigenvalue weighted by Gasteiger charge is 2.14. The quantitative estimate of drug-likeness (QED) is 0.523. The summed E-state index contributed by atoms with van der Waals surface area (Å²) in [5.74, 6) is 0.256. The first-order valence-electron chi connectivity index (χ1n) is 10.3. The fourth-order valence-electron chi connectivity index (χ4n) is 3.45. The number of nitrogens with one attached hydrogen (secondary N) is 3. The second kappa shape index (κ2) is 9.96. The van der Waals surface area contributed by atoms with Gasteiger partial charge in [-0.1, -0.05) is 62.4 Å². The molecule has 0 saturated carbocycles. The van der Waals surface area contributed by atoms with E-state index < -0.39 is 6.09 Å². The average Bonchev–Trinajstić information content (AvgIpc) is 3.10. The number of H-pyrrole nitrogens is 2. The number of rotatable bonds is 8. The Morgan fingerprint density at radius 1 is 1.07 bits per heavy atom. The van der Waals surface area contributed by atoms with Crippen LogP contribution >= 0.6 is 0 Å². The maximum absolute atomic E-state index is 12.1. The molecule has 0 radical (unpaired) electrons. The number of aromatic nitrogens is 2. The molecular formula is C24H29N3O3. The number of carbonyl (C=O) groups is 1. The molecule has 3 N–H and O–H groups in total. The molecule has 3 rings (SSSR count). The third kappa shape index (κ3) is 5.63. The van der Waals surface area contributed by atoms with E-state index in [0.717, 1.165) is 33.5 Å². The van der Waals surface area contributed by atoms with Gasteiger partial charge in [-0.15, -0.1) is 0 Å². The van der Waals surface area contributed by atoms with Gasteiger partial charge >= 0.3 is 6.09 Å². The van der Waals surface area contributed by atoms with Crippen LogP contribution in [0.3, 0.4) is 0 Å². The number of benzene rings is 2. The van der Waals surface area contributed by atoms with E-state index in [4.69, 9.17) is 4.74 Å². The van der Waals surface area contributed by atoms with Crippen molar-refractivity contribution in [2.24, 2.45) is 0 Å². The van der Waals surface area contributed by atoms with E-state index in [-0.39, 0.29) is 18.1 Å². The zero-order valence-corrected chi connectivity index (χ0v) is 17.7. The lowest BCUT2D eigenvalue weighted by Crippen LogP contribution is -2.26. The summed E-state index contributed by atoms with van der Waals surface area (Å²) in [6.45, 7) is 6.95. The fourth-order valence-corrected chi connectivity index (χ4v) is 3.45. The molecule has 0 saturated heterocycles. The van der Waals surface area contributed by atoms with Crippen molar-refractivity contribution < 1.29 is 9.53 Å². The lowest BCUT2D eigenvalue weighted by Gasteiger charge is -2.11. The van der Waals surface area contributed by atoms with Gasteiger partial charge in [0.05, 0.1) is 0 Å². The van der Waals surface area contributed by atoms with E-state index in [0.29, 0.717) is 19.4 Å². The van der Waals surface area contributed by atoms with Crippen LogP contribution in [-0.4, -0.2) is 22.8 Å². The number of aryl methyl sites for hydroxylation is 1. The van der Waals surface area contributed by atoms with Crippen LogP contribution in [0.5, 0.6) is 0 Å². The molecule has 3 aromatic rings. The Balaban J connectivity index is 1.51. The Kier molecular flexibility index (Phi) is 7.12. The number of alkyl carbamates (subject to hydrolysis) is 1. The molecule has 1 amide bonds. The van der Waals surface area contributed by atoms with Crippen LogP contribution in [0.1, 0.15) is 53.3 Å². The predicted octanol–water partition coefficient (Wildman–Crippen LogP) is 4.19. The van der Waals surface area contributed by atoms with Crippen molar-refractivity contribution in [1.82, 2.24) is 15.5 Å². The molecule has 6 heteroatoms. The van der Waals surface area contributed by atoms with Gasteiger partial charge in [-0.25, -0.2) is 4.79 Å². The molecule has 0 bridgehead atoms. The summed E-state index contributed by atoms with van der Waals surface area (Å²) >= 11 is 0. The molecule has 0 aliphatic rings. The number of hydrogen-bond donors (Lipinski definition) is 3. The van der Waals surface area contributed by atoms with Crippen molar-refractivity contribution in [3.05, 3.63) is 92.4 Å². The van der Waals surface area contributed by atoms with Gasteiger partial charge in [0.2, 0.25) is 0 Å². The van der Waals surface area contributed by atoms with Gasteiger partial charge in [0.15, 0.2) is 0 Å². The zero-order chi connectivity index (χ0) is 21.5. The van der Waals surface area contributed by atoms with Crippen molar-refractivity contribution >= 4 is 6.09 Å². The summed E-state index contributed by atoms with van der Waals surface area (Å²) in [7, 11) is 0. The maximum atomic E-state index is 12.1. The zero-order valence-electron chi connectivity index (χ0n) is 17.7. The van der Waals surface area contributed by atoms with Crippen molar-refractivity contribution in [3.8, 4) is 0 Å². The van der Waals surface area contributed by atoms with E-state index in [1.54, 1.807) is 0 Å². The smallest absolute Gasteiger partial charge is 0.407 e. The summed E-state index contributed by atoms with van der Waals surface area (Å²) in [5, 5.41) is 8.48. The normalized spacial score (nSPS) is 10.9. The molecule has 158 valence electrons. The minimum Gasteiger partial charge on any atom is -0.445 e. The molecule has 0 spiro atoms. The number of carbonyl (C=O) groups excluding carboxylic acids is 1. The Labute approximate surface area is 176 Å². The lowest BCUT2D eigenvalue weighted by atomic mass is 9.95. The van der Waals surface area contributed by atoms with Gasteiger partial charge in [0.25, 0.3) is 5.56 Å². The molecule has 0 atom stereocenters. The molecule has 1 heterocycles. The highest BCUT2D eigenvalue weighted by Crippen LogP contribution is 2.20. The molecule has 0 unspecified atom stereocenters. The van der Waals surface area contributed by atoms with Crippen molar-refractivity contribution in [3.63, 3.8) is 0 Å². The van der Waals surface area contributed by atoms with Crippen LogP contribution in [0.15, 0.2) is 53.3 Å². The van der Waals surface area contributed by atoms with Crippen molar-refractivity contribution in [2.45, 2.75) is 46.1 Å². The Hall–Kier alpha value is -3.28. The summed E-state index contributed by atoms with van der Waals surface area (Å²) in [4.78, 5) is 24.0. The fraction of sp³-hybridized carbons (Fsp3) is 0.333. The Bertz CT molecular complexity index is 1040. The first-order valence-corrected chi connectivity index (χ1v) is 10.3. The van der Waals surface area contributed by atoms with Crippen molar-refractivity contribution in [2.75, 3.05) is 6.54 Å². The van der Waals surface area contributed by atoms with E-state index in [1.807, 2.05) is 30.3 Å². The van der Waals surface area contributed by atoms with Crippen LogP contribution in [0.2, 0.25) is 0 Å². The van der Waals surface area contributed by atoms with Gasteiger partial charge in [-0.2, -0.15) is 0 Å². The molecule has 2 aromatic carbocycles. The Morgan fingerprint density at radius 3 is 2.53 bits per heavy atom. The number of aromatic amines is 2. The topological polar surface area (TPSA) is 87.0 Å². The monoisotopic (exact) mass is 407 g/mol. The summed E-state index contributed by atoms with van der Waals surface area (Å²) in [6, 6.07) is 15.8. The predicted molar refractivity (Wildman–Crippen MR) is 118 cm³/mol. The number of ether oxygens (including phenoxy) is 1. The second-order valence-electron chi connectivity index (χ2n) is 7.80. The summed E-state index contributed by atoms with van der Waals surface area (Å²) in [5.41, 5.74) is 6.05. The van der Waals surface area contributed by atoms with Gasteiger partial charge < -0.3 is 15.2 Å². The molecule has 0 fully saturated rings. The SMILES string of the molecule is Cc1cc(CCNC(=O)OCc2ccccc2)ccc1Cc1c(C(C)C)[nH][nH]c1=O. The van der Waals surface area contributed by atoms with E-state index in [2.05, 4.69) is 54.5 Å². The first kappa shape index (κ1) is 21.4. The van der Waals surface area contributed by atoms with Gasteiger partial charge in [0, 0.05) is 24.2 Å². The molecule has 0 aliphatic carbocycles. The Morgan fingerprint density at radius 2 is 1.83 bits per heavy atom. The number of hydrogen-bond acceptors (Lipinski definition) is 3. The van der Waals surface area contributed by atoms with E-state index >= 15 is 0 Å². The molecular weight excluding hydrogens is 378 g/mol. The van der Waals surface area contributed by atoms with Crippen LogP contribution < -0.4 is 10.9 Å². The number of amides is 1. The molecule has 30 heavy (non-hydrogen) atoms. The van der Waals surface area contributed by atoms with Crippen LogP contribution in [0.25, 0.3) is 0 Å². The van der Waals surface area contributed by atoms with Gasteiger partial charge in [-0.05, 0) is 41.5 Å². The summed E-state index contributed by atoms with van der Waals surface area (Å²) < 4.78 is 5.22. The van der Waals surface area contributed by atoms with Gasteiger partial charge in [0.1, 0.15) is 6.61 Å². The van der Waals surface area contributed by atoms with Crippen molar-refractivity contribution in [1.29, 1.82) is 0 Å². The third-order valence-electron chi connectivity index (χ3n) is 5.16. The maximum Gasteiger partial charge on any atom is 0.407 e. The van der Waals surface area contributed by atoms with Crippen LogP contribution in [0, 0.1) is 6.92 Å². The lowest BCUT2D eigenvalue weighted by molar-refractivity contribution is 0.140. The molecule has 6 nitrogen and oxygen atoms in total. The minimum atomic E-state index is -0.417. The van der Waals surface area contributed by atoms with E-state index in [9.17, 15) is 9.59 Å². The summed E-state index contributed by atoms with van der Waals surface area (Å²) in [6.07, 6.45) is 0.895.